The van der Waals surface area contributed by atoms with Crippen molar-refractivity contribution in [1.82, 2.24) is 14.3 Å². The maximum atomic E-state index is 13.3. The molecule has 3 heterocycles. The van der Waals surface area contributed by atoms with Crippen LogP contribution in [0.2, 0.25) is 0 Å². The molecule has 0 spiro atoms. The first-order valence-electron chi connectivity index (χ1n) is 11.1. The van der Waals surface area contributed by atoms with Gasteiger partial charge in [-0.2, -0.15) is 0 Å². The fourth-order valence-electron chi connectivity index (χ4n) is 3.65. The van der Waals surface area contributed by atoms with Crippen molar-refractivity contribution in [3.05, 3.63) is 75.0 Å². The number of hydrogen-bond acceptors (Lipinski definition) is 8. The minimum absolute atomic E-state index is 0.212. The van der Waals surface area contributed by atoms with Crippen LogP contribution in [-0.4, -0.2) is 58.4 Å². The number of rotatable bonds is 10. The molecule has 10 heteroatoms. The fourth-order valence-corrected chi connectivity index (χ4v) is 4.94. The molecule has 4 rings (SSSR count). The largest absolute Gasteiger partial charge is 0.497 e. The lowest BCUT2D eigenvalue weighted by atomic mass is 10.1. The van der Waals surface area contributed by atoms with Crippen LogP contribution >= 0.6 is 24.0 Å². The zero-order chi connectivity index (χ0) is 24.8. The SMILES string of the molecule is COCCCNc1nc2ccccn2c(=O)c1C=C1SC(=S)N(CCc2ccc(OC)cc2)C1=O. The Morgan fingerprint density at radius 2 is 1.94 bits per heavy atom. The van der Waals surface area contributed by atoms with Gasteiger partial charge in [-0.05, 0) is 48.7 Å². The first-order chi connectivity index (χ1) is 17.0. The Labute approximate surface area is 212 Å². The van der Waals surface area contributed by atoms with E-state index in [1.54, 1.807) is 43.5 Å². The van der Waals surface area contributed by atoms with E-state index in [0.29, 0.717) is 52.4 Å². The van der Waals surface area contributed by atoms with Gasteiger partial charge in [0.05, 0.1) is 17.6 Å². The van der Waals surface area contributed by atoms with Gasteiger partial charge in [0.2, 0.25) is 0 Å². The number of nitrogens with one attached hydrogen (secondary N) is 1. The van der Waals surface area contributed by atoms with Crippen molar-refractivity contribution in [1.29, 1.82) is 0 Å². The van der Waals surface area contributed by atoms with Crippen molar-refractivity contribution < 1.29 is 14.3 Å². The van der Waals surface area contributed by atoms with E-state index in [2.05, 4.69) is 10.3 Å². The third kappa shape index (κ3) is 5.72. The zero-order valence-corrected chi connectivity index (χ0v) is 21.2. The second kappa shape index (κ2) is 11.5. The van der Waals surface area contributed by atoms with Gasteiger partial charge in [0.1, 0.15) is 21.5 Å². The number of carbonyl (C=O) groups is 1. The van der Waals surface area contributed by atoms with Gasteiger partial charge in [-0.15, -0.1) is 0 Å². The van der Waals surface area contributed by atoms with Crippen molar-refractivity contribution in [3.8, 4) is 5.75 Å². The molecular formula is C25H26N4O4S2. The summed E-state index contributed by atoms with van der Waals surface area (Å²) in [6.45, 7) is 1.61. The topological polar surface area (TPSA) is 85.2 Å². The number of methoxy groups -OCH3 is 2. The maximum Gasteiger partial charge on any atom is 0.267 e. The predicted molar refractivity (Wildman–Crippen MR) is 143 cm³/mol. The summed E-state index contributed by atoms with van der Waals surface area (Å²) >= 11 is 6.68. The second-order valence-electron chi connectivity index (χ2n) is 7.81. The molecule has 0 bridgehead atoms. The van der Waals surface area contributed by atoms with Crippen molar-refractivity contribution >= 4 is 51.7 Å². The van der Waals surface area contributed by atoms with Crippen LogP contribution in [0.15, 0.2) is 58.4 Å². The molecule has 3 aromatic rings. The zero-order valence-electron chi connectivity index (χ0n) is 19.5. The first-order valence-corrected chi connectivity index (χ1v) is 12.4. The number of aromatic nitrogens is 2. The Morgan fingerprint density at radius 1 is 1.14 bits per heavy atom. The lowest BCUT2D eigenvalue weighted by molar-refractivity contribution is -0.122. The van der Waals surface area contributed by atoms with Gasteiger partial charge in [0, 0.05) is 33.0 Å². The van der Waals surface area contributed by atoms with Crippen LogP contribution in [0.5, 0.6) is 5.75 Å². The molecule has 0 atom stereocenters. The highest BCUT2D eigenvalue weighted by Gasteiger charge is 2.32. The summed E-state index contributed by atoms with van der Waals surface area (Å²) < 4.78 is 12.2. The number of hydrogen-bond donors (Lipinski definition) is 1. The third-order valence-electron chi connectivity index (χ3n) is 5.52. The first kappa shape index (κ1) is 24.9. The lowest BCUT2D eigenvalue weighted by Gasteiger charge is -2.14. The number of ether oxygens (including phenoxy) is 2. The van der Waals surface area contributed by atoms with E-state index in [1.807, 2.05) is 30.3 Å². The summed E-state index contributed by atoms with van der Waals surface area (Å²) in [5.41, 5.74) is 1.66. The van der Waals surface area contributed by atoms with E-state index in [0.717, 1.165) is 17.7 Å². The number of carbonyl (C=O) groups excluding carboxylic acids is 1. The average molecular weight is 511 g/mol. The van der Waals surface area contributed by atoms with Crippen LogP contribution in [0.4, 0.5) is 5.82 Å². The molecule has 1 fully saturated rings. The molecule has 8 nitrogen and oxygen atoms in total. The molecular weight excluding hydrogens is 484 g/mol. The highest BCUT2D eigenvalue weighted by Crippen LogP contribution is 2.33. The minimum atomic E-state index is -0.256. The monoisotopic (exact) mass is 510 g/mol. The molecule has 0 radical (unpaired) electrons. The smallest absolute Gasteiger partial charge is 0.267 e. The van der Waals surface area contributed by atoms with E-state index in [1.165, 1.54) is 16.2 Å². The molecule has 1 amide bonds. The molecule has 35 heavy (non-hydrogen) atoms. The van der Waals surface area contributed by atoms with Gasteiger partial charge in [-0.1, -0.05) is 42.2 Å². The summed E-state index contributed by atoms with van der Waals surface area (Å²) in [6.07, 6.45) is 4.66. The molecule has 1 aliphatic rings. The van der Waals surface area contributed by atoms with Crippen LogP contribution in [0.3, 0.4) is 0 Å². The van der Waals surface area contributed by atoms with Gasteiger partial charge < -0.3 is 14.8 Å². The Bertz CT molecular complexity index is 1320. The molecule has 1 aromatic carbocycles. The summed E-state index contributed by atoms with van der Waals surface area (Å²) in [6, 6.07) is 13.1. The van der Waals surface area contributed by atoms with E-state index >= 15 is 0 Å². The Morgan fingerprint density at radius 3 is 2.69 bits per heavy atom. The van der Waals surface area contributed by atoms with E-state index < -0.39 is 0 Å². The quantitative estimate of drug-likeness (QED) is 0.252. The Balaban J connectivity index is 1.58. The fraction of sp³-hybridized carbons (Fsp3) is 0.280. The summed E-state index contributed by atoms with van der Waals surface area (Å²) in [5, 5.41) is 3.22. The van der Waals surface area contributed by atoms with E-state index in [9.17, 15) is 9.59 Å². The standard InChI is InChI=1S/C25H26N4O4S2/c1-32-15-5-12-26-22-19(23(30)28-13-4-3-6-21(28)27-22)16-20-24(31)29(25(34)35-20)14-11-17-7-9-18(33-2)10-8-17/h3-4,6-10,13,16,26H,5,11-12,14-15H2,1-2H3. The summed E-state index contributed by atoms with van der Waals surface area (Å²) in [4.78, 5) is 33.1. The van der Waals surface area contributed by atoms with Crippen LogP contribution in [0, 0.1) is 0 Å². The Kier molecular flexibility index (Phi) is 8.17. The molecule has 0 aliphatic carbocycles. The predicted octanol–water partition coefficient (Wildman–Crippen LogP) is 3.60. The number of amides is 1. The van der Waals surface area contributed by atoms with Crippen molar-refractivity contribution in [2.24, 2.45) is 0 Å². The normalized spacial score (nSPS) is 14.8. The highest BCUT2D eigenvalue weighted by molar-refractivity contribution is 8.26. The van der Waals surface area contributed by atoms with Crippen molar-refractivity contribution in [2.45, 2.75) is 12.8 Å². The average Bonchev–Trinajstić information content (AvgIpc) is 3.14. The van der Waals surface area contributed by atoms with Crippen LogP contribution in [0.25, 0.3) is 11.7 Å². The Hall–Kier alpha value is -3.21. The summed E-state index contributed by atoms with van der Waals surface area (Å²) in [5.74, 6) is 1.00. The number of nitrogens with zero attached hydrogens (tertiary/aromatic N) is 3. The van der Waals surface area contributed by atoms with Crippen molar-refractivity contribution in [2.75, 3.05) is 39.2 Å². The summed E-state index contributed by atoms with van der Waals surface area (Å²) in [7, 11) is 3.27. The molecule has 1 saturated heterocycles. The maximum absolute atomic E-state index is 13.3. The third-order valence-corrected chi connectivity index (χ3v) is 6.90. The van der Waals surface area contributed by atoms with E-state index in [4.69, 9.17) is 21.7 Å². The molecule has 1 N–H and O–H groups in total. The van der Waals surface area contributed by atoms with Gasteiger partial charge in [0.25, 0.3) is 11.5 Å². The van der Waals surface area contributed by atoms with Crippen molar-refractivity contribution in [3.63, 3.8) is 0 Å². The molecule has 0 unspecified atom stereocenters. The van der Waals surface area contributed by atoms with Gasteiger partial charge in [0.15, 0.2) is 0 Å². The van der Waals surface area contributed by atoms with Crippen LogP contribution in [-0.2, 0) is 16.0 Å². The molecule has 182 valence electrons. The van der Waals surface area contributed by atoms with Gasteiger partial charge in [-0.3, -0.25) is 18.9 Å². The molecule has 0 saturated carbocycles. The second-order valence-corrected chi connectivity index (χ2v) is 9.49. The van der Waals surface area contributed by atoms with Gasteiger partial charge >= 0.3 is 0 Å². The molecule has 2 aromatic heterocycles. The highest BCUT2D eigenvalue weighted by atomic mass is 32.2. The van der Waals surface area contributed by atoms with E-state index in [-0.39, 0.29) is 11.5 Å². The van der Waals surface area contributed by atoms with Crippen LogP contribution < -0.4 is 15.6 Å². The van der Waals surface area contributed by atoms with Crippen LogP contribution in [0.1, 0.15) is 17.5 Å². The number of fused-ring (bicyclic) bond motifs is 1. The minimum Gasteiger partial charge on any atom is -0.497 e. The number of benzene rings is 1. The van der Waals surface area contributed by atoms with Gasteiger partial charge in [-0.25, -0.2) is 4.98 Å². The number of thioether (sulfide) groups is 1. The molecule has 1 aliphatic heterocycles. The number of pyridine rings is 1. The number of anilines is 1. The number of thiocarbonyl (C=S) groups is 1. The lowest BCUT2D eigenvalue weighted by Crippen LogP contribution is -2.30.